The predicted molar refractivity (Wildman–Crippen MR) is 81.6 cm³/mol. The third-order valence-corrected chi connectivity index (χ3v) is 3.72. The van der Waals surface area contributed by atoms with Gasteiger partial charge in [-0.3, -0.25) is 4.79 Å². The lowest BCUT2D eigenvalue weighted by molar-refractivity contribution is -0.130. The van der Waals surface area contributed by atoms with Crippen LogP contribution in [-0.4, -0.2) is 43.0 Å². The smallest absolute Gasteiger partial charge is 0.272 e. The van der Waals surface area contributed by atoms with Crippen LogP contribution in [0.2, 0.25) is 0 Å². The van der Waals surface area contributed by atoms with Crippen LogP contribution in [-0.2, 0) is 4.79 Å². The Morgan fingerprint density at radius 3 is 2.68 bits per heavy atom. The van der Waals surface area contributed by atoms with Gasteiger partial charge in [-0.05, 0) is 38.3 Å². The van der Waals surface area contributed by atoms with Gasteiger partial charge in [0.25, 0.3) is 6.43 Å². The largest absolute Gasteiger partial charge is 0.487 e. The number of ether oxygens (including phenoxy) is 1. The third-order valence-electron chi connectivity index (χ3n) is 3.72. The molecule has 122 valence electrons. The zero-order valence-electron chi connectivity index (χ0n) is 12.9. The molecule has 0 radical (unpaired) electrons. The van der Waals surface area contributed by atoms with Crippen LogP contribution in [0.3, 0.4) is 0 Å². The molecular weight excluding hydrogens is 290 g/mol. The molecule has 0 spiro atoms. The first-order valence-corrected chi connectivity index (χ1v) is 7.54. The molecule has 1 N–H and O–H groups in total. The third kappa shape index (κ3) is 4.32. The van der Waals surface area contributed by atoms with Crippen molar-refractivity contribution in [3.05, 3.63) is 23.8 Å². The number of rotatable bonds is 6. The second kappa shape index (κ2) is 7.42. The molecule has 0 saturated carbocycles. The van der Waals surface area contributed by atoms with E-state index < -0.39 is 13.0 Å². The number of likely N-dealkylation sites (tertiary alicyclic amines) is 1. The van der Waals surface area contributed by atoms with Crippen LogP contribution in [0.25, 0.3) is 0 Å². The Hall–Kier alpha value is -1.85. The van der Waals surface area contributed by atoms with Gasteiger partial charge in [0, 0.05) is 24.8 Å². The number of carbonyl (C=O) groups excluding carboxylic acids is 1. The Kier molecular flexibility index (Phi) is 5.57. The maximum Gasteiger partial charge on any atom is 0.272 e. The standard InChI is InChI=1S/C16H22F2N2O2/c1-11-5-6-13(9-14(11)22-10-15(17)18)19-12(2)16(21)20-7-3-4-8-20/h5-6,9,12,15,19H,3-4,7-8,10H2,1-2H3/t12-/m0/s1. The number of benzene rings is 1. The van der Waals surface area contributed by atoms with Gasteiger partial charge in [-0.1, -0.05) is 6.07 Å². The van der Waals surface area contributed by atoms with Crippen LogP contribution in [0, 0.1) is 6.92 Å². The summed E-state index contributed by atoms with van der Waals surface area (Å²) in [6, 6.07) is 4.91. The molecule has 1 heterocycles. The Bertz CT molecular complexity index is 517. The van der Waals surface area contributed by atoms with Crippen molar-refractivity contribution in [3.63, 3.8) is 0 Å². The molecule has 0 aromatic heterocycles. The average Bonchev–Trinajstić information content (AvgIpc) is 3.01. The summed E-state index contributed by atoms with van der Waals surface area (Å²) in [6.07, 6.45) is -0.407. The summed E-state index contributed by atoms with van der Waals surface area (Å²) in [6.45, 7) is 4.58. The van der Waals surface area contributed by atoms with Crippen LogP contribution in [0.1, 0.15) is 25.3 Å². The maximum absolute atomic E-state index is 12.3. The summed E-state index contributed by atoms with van der Waals surface area (Å²) >= 11 is 0. The van der Waals surface area contributed by atoms with Crippen LogP contribution < -0.4 is 10.1 Å². The number of amides is 1. The van der Waals surface area contributed by atoms with Crippen LogP contribution in [0.15, 0.2) is 18.2 Å². The Morgan fingerprint density at radius 1 is 1.36 bits per heavy atom. The minimum absolute atomic E-state index is 0.0631. The quantitative estimate of drug-likeness (QED) is 0.878. The molecule has 0 aliphatic carbocycles. The highest BCUT2D eigenvalue weighted by Gasteiger charge is 2.23. The molecule has 2 rings (SSSR count). The van der Waals surface area contributed by atoms with E-state index in [1.807, 2.05) is 11.0 Å². The fourth-order valence-corrected chi connectivity index (χ4v) is 2.52. The summed E-state index contributed by atoms with van der Waals surface area (Å²) in [5.41, 5.74) is 1.47. The number of hydrogen-bond donors (Lipinski definition) is 1. The minimum atomic E-state index is -2.51. The second-order valence-electron chi connectivity index (χ2n) is 5.58. The first-order valence-electron chi connectivity index (χ1n) is 7.54. The number of carbonyl (C=O) groups is 1. The lowest BCUT2D eigenvalue weighted by atomic mass is 10.2. The van der Waals surface area contributed by atoms with E-state index >= 15 is 0 Å². The number of hydrogen-bond acceptors (Lipinski definition) is 3. The lowest BCUT2D eigenvalue weighted by Gasteiger charge is -2.22. The molecule has 0 unspecified atom stereocenters. The van der Waals surface area contributed by atoms with Crippen molar-refractivity contribution in [1.82, 2.24) is 4.90 Å². The average molecular weight is 312 g/mol. The fraction of sp³-hybridized carbons (Fsp3) is 0.562. The van der Waals surface area contributed by atoms with Gasteiger partial charge in [0.15, 0.2) is 0 Å². The van der Waals surface area contributed by atoms with Crippen molar-refractivity contribution in [2.24, 2.45) is 0 Å². The number of aryl methyl sites for hydroxylation is 1. The summed E-state index contributed by atoms with van der Waals surface area (Å²) in [5, 5.41) is 3.12. The molecule has 6 heteroatoms. The highest BCUT2D eigenvalue weighted by atomic mass is 19.3. The SMILES string of the molecule is Cc1ccc(N[C@@H](C)C(=O)N2CCCC2)cc1OCC(F)F. The molecule has 22 heavy (non-hydrogen) atoms. The lowest BCUT2D eigenvalue weighted by Crippen LogP contribution is -2.39. The number of nitrogens with zero attached hydrogens (tertiary/aromatic N) is 1. The number of nitrogens with one attached hydrogen (secondary N) is 1. The van der Waals surface area contributed by atoms with E-state index in [9.17, 15) is 13.6 Å². The molecule has 1 aromatic carbocycles. The Balaban J connectivity index is 1.99. The number of anilines is 1. The molecule has 1 saturated heterocycles. The first kappa shape index (κ1) is 16.5. The van der Waals surface area contributed by atoms with Crippen LogP contribution in [0.5, 0.6) is 5.75 Å². The number of halogens is 2. The van der Waals surface area contributed by atoms with Gasteiger partial charge >= 0.3 is 0 Å². The van der Waals surface area contributed by atoms with Gasteiger partial charge in [0.2, 0.25) is 5.91 Å². The van der Waals surface area contributed by atoms with E-state index in [0.29, 0.717) is 11.4 Å². The van der Waals surface area contributed by atoms with Gasteiger partial charge in [0.1, 0.15) is 18.4 Å². The highest BCUT2D eigenvalue weighted by molar-refractivity contribution is 5.84. The van der Waals surface area contributed by atoms with Gasteiger partial charge in [0.05, 0.1) is 0 Å². The molecule has 1 fully saturated rings. The van der Waals surface area contributed by atoms with Gasteiger partial charge < -0.3 is 15.0 Å². The summed E-state index contributed by atoms with van der Waals surface area (Å²) in [4.78, 5) is 14.1. The van der Waals surface area contributed by atoms with Crippen molar-refractivity contribution in [1.29, 1.82) is 0 Å². The van der Waals surface area contributed by atoms with Crippen molar-refractivity contribution in [2.45, 2.75) is 39.2 Å². The molecule has 4 nitrogen and oxygen atoms in total. The van der Waals surface area contributed by atoms with Crippen LogP contribution in [0.4, 0.5) is 14.5 Å². The molecular formula is C16H22F2N2O2. The first-order chi connectivity index (χ1) is 10.5. The molecule has 1 aliphatic rings. The second-order valence-corrected chi connectivity index (χ2v) is 5.58. The normalized spacial score (nSPS) is 16.0. The van der Waals surface area contributed by atoms with E-state index in [1.54, 1.807) is 26.0 Å². The van der Waals surface area contributed by atoms with Crippen molar-refractivity contribution in [3.8, 4) is 5.75 Å². The van der Waals surface area contributed by atoms with E-state index in [1.165, 1.54) is 0 Å². The van der Waals surface area contributed by atoms with Crippen LogP contribution >= 0.6 is 0 Å². The monoisotopic (exact) mass is 312 g/mol. The summed E-state index contributed by atoms with van der Waals surface area (Å²) < 4.78 is 29.6. The van der Waals surface area contributed by atoms with Crippen molar-refractivity contribution < 1.29 is 18.3 Å². The minimum Gasteiger partial charge on any atom is -0.487 e. The Labute approximate surface area is 129 Å². The molecule has 0 bridgehead atoms. The molecule has 1 aromatic rings. The van der Waals surface area contributed by atoms with Crippen molar-refractivity contribution >= 4 is 11.6 Å². The number of alkyl halides is 2. The molecule has 1 amide bonds. The maximum atomic E-state index is 12.3. The van der Waals surface area contributed by atoms with Gasteiger partial charge in [-0.25, -0.2) is 8.78 Å². The summed E-state index contributed by atoms with van der Waals surface area (Å²) in [7, 11) is 0. The topological polar surface area (TPSA) is 41.6 Å². The molecule has 1 aliphatic heterocycles. The van der Waals surface area contributed by atoms with Gasteiger partial charge in [-0.15, -0.1) is 0 Å². The zero-order chi connectivity index (χ0) is 16.1. The van der Waals surface area contributed by atoms with E-state index in [2.05, 4.69) is 5.32 Å². The van der Waals surface area contributed by atoms with Gasteiger partial charge in [-0.2, -0.15) is 0 Å². The van der Waals surface area contributed by atoms with Crippen molar-refractivity contribution in [2.75, 3.05) is 25.0 Å². The Morgan fingerprint density at radius 2 is 2.05 bits per heavy atom. The van der Waals surface area contributed by atoms with E-state index in [-0.39, 0.29) is 11.9 Å². The van der Waals surface area contributed by atoms with E-state index in [0.717, 1.165) is 31.5 Å². The predicted octanol–water partition coefficient (Wildman–Crippen LogP) is 3.06. The zero-order valence-corrected chi connectivity index (χ0v) is 12.9. The molecule has 1 atom stereocenters. The van der Waals surface area contributed by atoms with E-state index in [4.69, 9.17) is 4.74 Å². The summed E-state index contributed by atoms with van der Waals surface area (Å²) in [5.74, 6) is 0.472. The fourth-order valence-electron chi connectivity index (χ4n) is 2.52. The highest BCUT2D eigenvalue weighted by Crippen LogP contribution is 2.24.